The van der Waals surface area contributed by atoms with Gasteiger partial charge in [-0.05, 0) is 32.6 Å². The molecule has 2 nitrogen and oxygen atoms in total. The number of hydrogen-bond acceptors (Lipinski definition) is 2. The Kier molecular flexibility index (Phi) is 1.71. The number of ether oxygens (including phenoxy) is 1. The van der Waals surface area contributed by atoms with Crippen LogP contribution in [0.1, 0.15) is 32.6 Å². The molecular weight excluding hydrogens is 152 g/mol. The summed E-state index contributed by atoms with van der Waals surface area (Å²) in [6.45, 7) is 2.13. The number of hydrogen-bond donors (Lipinski definition) is 0. The molecule has 66 valence electrons. The van der Waals surface area contributed by atoms with Gasteiger partial charge in [-0.15, -0.1) is 0 Å². The molecule has 0 radical (unpaired) electrons. The van der Waals surface area contributed by atoms with Gasteiger partial charge in [-0.1, -0.05) is 0 Å². The van der Waals surface area contributed by atoms with E-state index in [1.54, 1.807) is 12.3 Å². The van der Waals surface area contributed by atoms with Gasteiger partial charge in [0.2, 0.25) is 0 Å². The zero-order chi connectivity index (χ0) is 8.60. The van der Waals surface area contributed by atoms with Crippen molar-refractivity contribution in [3.05, 3.63) is 12.3 Å². The topological polar surface area (TPSA) is 26.3 Å². The highest BCUT2D eigenvalue weighted by Crippen LogP contribution is 2.36. The van der Waals surface area contributed by atoms with E-state index in [4.69, 9.17) is 4.74 Å². The van der Waals surface area contributed by atoms with Crippen LogP contribution in [0, 0.1) is 5.92 Å². The number of fused-ring (bicyclic) bond motifs is 4. The Hall–Kier alpha value is -0.790. The van der Waals surface area contributed by atoms with Crippen LogP contribution in [-0.4, -0.2) is 11.4 Å². The molecular formula is C10H14O2. The Morgan fingerprint density at radius 2 is 2.17 bits per heavy atom. The van der Waals surface area contributed by atoms with Gasteiger partial charge in [-0.2, -0.15) is 0 Å². The van der Waals surface area contributed by atoms with Gasteiger partial charge >= 0.3 is 0 Å². The van der Waals surface area contributed by atoms with Crippen LogP contribution in [0.3, 0.4) is 0 Å². The molecule has 2 heterocycles. The molecule has 0 atom stereocenters. The number of rotatable bonds is 0. The molecule has 0 aromatic rings. The number of carbonyl (C=O) groups is 1. The second-order valence-electron chi connectivity index (χ2n) is 4.05. The quantitative estimate of drug-likeness (QED) is 0.550. The minimum absolute atomic E-state index is 0.00764. The van der Waals surface area contributed by atoms with Crippen molar-refractivity contribution in [2.45, 2.75) is 38.2 Å². The fourth-order valence-electron chi connectivity index (χ4n) is 2.03. The third-order valence-electron chi connectivity index (χ3n) is 3.03. The molecule has 1 saturated carbocycles. The lowest BCUT2D eigenvalue weighted by Gasteiger charge is -2.37. The van der Waals surface area contributed by atoms with Crippen LogP contribution in [0.2, 0.25) is 0 Å². The first-order valence-corrected chi connectivity index (χ1v) is 4.58. The summed E-state index contributed by atoms with van der Waals surface area (Å²) >= 11 is 0. The minimum Gasteiger partial charge on any atom is -0.495 e. The van der Waals surface area contributed by atoms with Crippen molar-refractivity contribution in [2.75, 3.05) is 0 Å². The molecule has 3 rings (SSSR count). The van der Waals surface area contributed by atoms with E-state index in [1.165, 1.54) is 0 Å². The van der Waals surface area contributed by atoms with E-state index in [0.717, 1.165) is 25.7 Å². The number of ketones is 1. The predicted molar refractivity (Wildman–Crippen MR) is 45.6 cm³/mol. The van der Waals surface area contributed by atoms with Crippen molar-refractivity contribution < 1.29 is 9.53 Å². The second kappa shape index (κ2) is 2.61. The average molecular weight is 166 g/mol. The van der Waals surface area contributed by atoms with Crippen molar-refractivity contribution in [1.82, 2.24) is 0 Å². The van der Waals surface area contributed by atoms with Crippen LogP contribution in [0.15, 0.2) is 12.3 Å². The smallest absolute Gasteiger partial charge is 0.161 e. The molecule has 0 saturated heterocycles. The van der Waals surface area contributed by atoms with E-state index in [-0.39, 0.29) is 17.3 Å². The van der Waals surface area contributed by atoms with Crippen LogP contribution in [-0.2, 0) is 9.53 Å². The monoisotopic (exact) mass is 166 g/mol. The van der Waals surface area contributed by atoms with Crippen LogP contribution in [0.4, 0.5) is 0 Å². The van der Waals surface area contributed by atoms with E-state index in [2.05, 4.69) is 6.92 Å². The predicted octanol–water partition coefficient (Wildman–Crippen LogP) is 2.05. The number of allylic oxidation sites excluding steroid dienone is 1. The van der Waals surface area contributed by atoms with Crippen LogP contribution >= 0.6 is 0 Å². The minimum atomic E-state index is 0.00764. The maximum atomic E-state index is 11.4. The summed E-state index contributed by atoms with van der Waals surface area (Å²) in [5, 5.41) is 0. The van der Waals surface area contributed by atoms with Crippen LogP contribution < -0.4 is 0 Å². The van der Waals surface area contributed by atoms with Crippen molar-refractivity contribution in [3.63, 3.8) is 0 Å². The lowest BCUT2D eigenvalue weighted by atomic mass is 9.77. The molecule has 0 unspecified atom stereocenters. The van der Waals surface area contributed by atoms with E-state index in [9.17, 15) is 4.79 Å². The molecule has 1 fully saturated rings. The lowest BCUT2D eigenvalue weighted by molar-refractivity contribution is -0.122. The Bertz CT molecular complexity index is 222. The van der Waals surface area contributed by atoms with Gasteiger partial charge < -0.3 is 4.74 Å². The lowest BCUT2D eigenvalue weighted by Crippen LogP contribution is -2.36. The molecule has 2 bridgehead atoms. The molecule has 2 aliphatic heterocycles. The zero-order valence-electron chi connectivity index (χ0n) is 7.38. The van der Waals surface area contributed by atoms with Crippen LogP contribution in [0.25, 0.3) is 0 Å². The van der Waals surface area contributed by atoms with E-state index < -0.39 is 0 Å². The maximum Gasteiger partial charge on any atom is 0.161 e. The molecule has 1 aliphatic carbocycles. The molecule has 3 aliphatic rings. The summed E-state index contributed by atoms with van der Waals surface area (Å²) in [6.07, 6.45) is 7.20. The van der Waals surface area contributed by atoms with Crippen molar-refractivity contribution in [2.24, 2.45) is 5.92 Å². The Labute approximate surface area is 72.6 Å². The molecule has 0 spiro atoms. The first kappa shape index (κ1) is 7.84. The van der Waals surface area contributed by atoms with Gasteiger partial charge in [0.25, 0.3) is 0 Å². The Balaban J connectivity index is 2.24. The van der Waals surface area contributed by atoms with E-state index in [0.29, 0.717) is 0 Å². The standard InChI is InChI=1S/C10H14O2/c1-10-5-2-8(3-6-10)9(11)4-7-12-10/h4,7-8H,2-3,5-6H2,1H3. The molecule has 12 heavy (non-hydrogen) atoms. The molecule has 0 aromatic carbocycles. The number of carbonyl (C=O) groups excluding carboxylic acids is 1. The van der Waals surface area contributed by atoms with Gasteiger partial charge in [0.05, 0.1) is 6.26 Å². The fraction of sp³-hybridized carbons (Fsp3) is 0.700. The molecule has 2 heteroatoms. The van der Waals surface area contributed by atoms with Crippen molar-refractivity contribution >= 4 is 5.78 Å². The highest BCUT2D eigenvalue weighted by molar-refractivity contribution is 5.91. The summed E-state index contributed by atoms with van der Waals surface area (Å²) < 4.78 is 5.53. The first-order valence-electron chi connectivity index (χ1n) is 4.58. The maximum absolute atomic E-state index is 11.4. The van der Waals surface area contributed by atoms with Crippen molar-refractivity contribution in [3.8, 4) is 0 Å². The third-order valence-corrected chi connectivity index (χ3v) is 3.03. The summed E-state index contributed by atoms with van der Waals surface area (Å²) in [4.78, 5) is 11.4. The Morgan fingerprint density at radius 3 is 2.83 bits per heavy atom. The first-order chi connectivity index (χ1) is 5.70. The summed E-state index contributed by atoms with van der Waals surface area (Å²) in [6, 6.07) is 0. The molecule has 0 N–H and O–H groups in total. The fourth-order valence-corrected chi connectivity index (χ4v) is 2.03. The van der Waals surface area contributed by atoms with Gasteiger partial charge in [0, 0.05) is 12.0 Å². The van der Waals surface area contributed by atoms with Gasteiger partial charge in [-0.25, -0.2) is 0 Å². The zero-order valence-corrected chi connectivity index (χ0v) is 7.38. The summed E-state index contributed by atoms with van der Waals surface area (Å²) in [7, 11) is 0. The summed E-state index contributed by atoms with van der Waals surface area (Å²) in [5.41, 5.74) is 0.00764. The van der Waals surface area contributed by atoms with Crippen molar-refractivity contribution in [1.29, 1.82) is 0 Å². The van der Waals surface area contributed by atoms with Gasteiger partial charge in [-0.3, -0.25) is 4.79 Å². The highest BCUT2D eigenvalue weighted by atomic mass is 16.5. The average Bonchev–Trinajstić information content (AvgIpc) is 2.02. The summed E-state index contributed by atoms with van der Waals surface area (Å²) in [5.74, 6) is 0.523. The van der Waals surface area contributed by atoms with E-state index >= 15 is 0 Å². The third kappa shape index (κ3) is 1.26. The molecule has 0 amide bonds. The van der Waals surface area contributed by atoms with E-state index in [1.807, 2.05) is 0 Å². The molecule has 0 aromatic heterocycles. The highest BCUT2D eigenvalue weighted by Gasteiger charge is 2.35. The van der Waals surface area contributed by atoms with Gasteiger partial charge in [0.15, 0.2) is 5.78 Å². The van der Waals surface area contributed by atoms with Crippen LogP contribution in [0.5, 0.6) is 0 Å². The largest absolute Gasteiger partial charge is 0.495 e. The SMILES string of the molecule is CC12CCC(CC1)C(=O)C=CO2. The van der Waals surface area contributed by atoms with Gasteiger partial charge in [0.1, 0.15) is 5.60 Å². The Morgan fingerprint density at radius 1 is 1.50 bits per heavy atom. The normalized spacial score (nSPS) is 40.4. The second-order valence-corrected chi connectivity index (χ2v) is 4.05.